The largest absolute Gasteiger partial charge is 0.464 e. The average molecular weight is 399 g/mol. The minimum Gasteiger partial charge on any atom is -0.464 e. The Morgan fingerprint density at radius 1 is 1.31 bits per heavy atom. The van der Waals surface area contributed by atoms with Crippen LogP contribution >= 0.6 is 0 Å². The van der Waals surface area contributed by atoms with Gasteiger partial charge < -0.3 is 9.47 Å². The fourth-order valence-corrected chi connectivity index (χ4v) is 4.34. The first-order valence-electron chi connectivity index (χ1n) is 9.69. The normalized spacial score (nSPS) is 29.7. The molecular weight excluding hydrogens is 374 g/mol. The van der Waals surface area contributed by atoms with Crippen molar-refractivity contribution < 1.29 is 28.7 Å². The lowest BCUT2D eigenvalue weighted by atomic mass is 9.94. The van der Waals surface area contributed by atoms with E-state index in [1.165, 1.54) is 12.2 Å². The number of hydroxylamine groups is 1. The first kappa shape index (κ1) is 19.8. The predicted molar refractivity (Wildman–Crippen MR) is 105 cm³/mol. The van der Waals surface area contributed by atoms with Crippen molar-refractivity contribution in [2.24, 2.45) is 22.7 Å². The molecule has 0 aromatic heterocycles. The van der Waals surface area contributed by atoms with Crippen LogP contribution in [0.25, 0.3) is 5.57 Å². The highest BCUT2D eigenvalue weighted by Gasteiger charge is 2.69. The van der Waals surface area contributed by atoms with E-state index in [0.29, 0.717) is 17.9 Å². The van der Waals surface area contributed by atoms with Gasteiger partial charge in [0.05, 0.1) is 24.8 Å². The lowest BCUT2D eigenvalue weighted by Crippen LogP contribution is -2.28. The summed E-state index contributed by atoms with van der Waals surface area (Å²) in [5, 5.41) is 1.24. The van der Waals surface area contributed by atoms with Crippen LogP contribution in [0.5, 0.6) is 0 Å². The molecule has 3 atom stereocenters. The Balaban J connectivity index is 1.73. The summed E-state index contributed by atoms with van der Waals surface area (Å²) in [7, 11) is 1.44. The van der Waals surface area contributed by atoms with Crippen LogP contribution in [0.15, 0.2) is 30.3 Å². The monoisotopic (exact) mass is 399 g/mol. The highest BCUT2D eigenvalue weighted by atomic mass is 16.7. The molecule has 154 valence electrons. The molecule has 3 aliphatic rings. The van der Waals surface area contributed by atoms with Crippen LogP contribution in [0.2, 0.25) is 0 Å². The number of rotatable bonds is 4. The summed E-state index contributed by atoms with van der Waals surface area (Å²) in [6.07, 6.45) is 1.81. The van der Waals surface area contributed by atoms with Gasteiger partial charge in [-0.3, -0.25) is 19.2 Å². The number of hydrogen-bond acceptors (Lipinski definition) is 6. The summed E-state index contributed by atoms with van der Waals surface area (Å²) in [6, 6.07) is 7.32. The lowest BCUT2D eigenvalue weighted by Gasteiger charge is -2.20. The zero-order valence-corrected chi connectivity index (χ0v) is 17.1. The maximum absolute atomic E-state index is 13.0. The molecule has 0 bridgehead atoms. The van der Waals surface area contributed by atoms with E-state index >= 15 is 0 Å². The Kier molecular flexibility index (Phi) is 4.63. The van der Waals surface area contributed by atoms with E-state index in [1.54, 1.807) is 26.8 Å². The molecule has 1 aliphatic carbocycles. The number of carbonyl (C=O) groups excluding carboxylic acids is 3. The lowest BCUT2D eigenvalue weighted by molar-refractivity contribution is -0.154. The highest BCUT2D eigenvalue weighted by Crippen LogP contribution is 2.63. The zero-order chi connectivity index (χ0) is 21.0. The van der Waals surface area contributed by atoms with Crippen LogP contribution in [0.3, 0.4) is 0 Å². The highest BCUT2D eigenvalue weighted by molar-refractivity contribution is 6.31. The third-order valence-corrected chi connectivity index (χ3v) is 5.94. The molecule has 0 spiro atoms. The summed E-state index contributed by atoms with van der Waals surface area (Å²) in [5.41, 5.74) is 0.446. The van der Waals surface area contributed by atoms with E-state index in [1.807, 2.05) is 24.3 Å². The van der Waals surface area contributed by atoms with Gasteiger partial charge in [-0.15, -0.1) is 0 Å². The fourth-order valence-electron chi connectivity index (χ4n) is 4.34. The summed E-state index contributed by atoms with van der Waals surface area (Å²) >= 11 is 0. The van der Waals surface area contributed by atoms with Gasteiger partial charge in [0.15, 0.2) is 5.78 Å². The Morgan fingerprint density at radius 3 is 2.69 bits per heavy atom. The number of para-hydroxylation sites is 1. The second-order valence-corrected chi connectivity index (χ2v) is 8.86. The molecule has 2 aliphatic heterocycles. The number of hydrogen-bond donors (Lipinski definition) is 0. The van der Waals surface area contributed by atoms with Crippen molar-refractivity contribution >= 4 is 28.9 Å². The molecule has 1 saturated heterocycles. The van der Waals surface area contributed by atoms with Gasteiger partial charge >= 0.3 is 5.97 Å². The first-order valence-corrected chi connectivity index (χ1v) is 9.69. The topological polar surface area (TPSA) is 82.1 Å². The summed E-state index contributed by atoms with van der Waals surface area (Å²) in [4.78, 5) is 43.1. The number of esters is 1. The van der Waals surface area contributed by atoms with Gasteiger partial charge in [-0.05, 0) is 26.8 Å². The van der Waals surface area contributed by atoms with Crippen LogP contribution in [-0.2, 0) is 28.7 Å². The Morgan fingerprint density at radius 2 is 2.03 bits per heavy atom. The number of Topliss-reactive ketones (excluding diaryl/α,β-unsaturated/α-hetero) is 1. The van der Waals surface area contributed by atoms with Crippen molar-refractivity contribution in [1.29, 1.82) is 0 Å². The molecule has 29 heavy (non-hydrogen) atoms. The van der Waals surface area contributed by atoms with E-state index in [0.717, 1.165) is 5.56 Å². The molecule has 1 amide bonds. The third kappa shape index (κ3) is 3.09. The van der Waals surface area contributed by atoms with E-state index in [2.05, 4.69) is 0 Å². The van der Waals surface area contributed by atoms with Crippen molar-refractivity contribution in [3.8, 4) is 0 Å². The van der Waals surface area contributed by atoms with Gasteiger partial charge in [0.2, 0.25) is 0 Å². The molecule has 1 saturated carbocycles. The molecule has 0 N–H and O–H groups in total. The number of benzene rings is 1. The molecule has 1 aromatic rings. The van der Waals surface area contributed by atoms with E-state index in [9.17, 15) is 14.4 Å². The first-order chi connectivity index (χ1) is 13.7. The van der Waals surface area contributed by atoms with Gasteiger partial charge in [-0.2, -0.15) is 5.06 Å². The Bertz CT molecular complexity index is 914. The standard InChI is InChI=1S/C22H25NO6/c1-21(2,3)20(26)29-12-22(15-10-28-11-17(24)18(15)22)9-14-13-7-5-6-8-16(13)23(27-4)19(14)25/h5-9,15,18H,10-12H2,1-4H3/b14-9+/t15-,18-,22+/m0/s1. The van der Waals surface area contributed by atoms with Crippen LogP contribution in [0.1, 0.15) is 26.3 Å². The van der Waals surface area contributed by atoms with E-state index in [-0.39, 0.29) is 42.7 Å². The number of amides is 1. The molecule has 2 heterocycles. The summed E-state index contributed by atoms with van der Waals surface area (Å²) in [6.45, 7) is 5.83. The molecule has 7 nitrogen and oxygen atoms in total. The molecule has 4 rings (SSSR count). The minimum atomic E-state index is -0.740. The van der Waals surface area contributed by atoms with Gasteiger partial charge in [-0.25, -0.2) is 0 Å². The number of ether oxygens (including phenoxy) is 2. The molecule has 0 radical (unpaired) electrons. The summed E-state index contributed by atoms with van der Waals surface area (Å²) < 4.78 is 11.0. The van der Waals surface area contributed by atoms with Gasteiger partial charge in [0.1, 0.15) is 13.2 Å². The van der Waals surface area contributed by atoms with Crippen LogP contribution in [0, 0.1) is 22.7 Å². The van der Waals surface area contributed by atoms with Crippen molar-refractivity contribution in [3.05, 3.63) is 35.9 Å². The average Bonchev–Trinajstić information content (AvgIpc) is 3.24. The van der Waals surface area contributed by atoms with Gasteiger partial charge in [0.25, 0.3) is 5.91 Å². The van der Waals surface area contributed by atoms with Crippen molar-refractivity contribution in [1.82, 2.24) is 0 Å². The van der Waals surface area contributed by atoms with Gasteiger partial charge in [-0.1, -0.05) is 24.3 Å². The van der Waals surface area contributed by atoms with Crippen molar-refractivity contribution in [3.63, 3.8) is 0 Å². The minimum absolute atomic E-state index is 0.0211. The van der Waals surface area contributed by atoms with Crippen LogP contribution < -0.4 is 5.06 Å². The number of carbonyl (C=O) groups is 3. The quantitative estimate of drug-likeness (QED) is 0.571. The second kappa shape index (κ2) is 6.78. The SMILES string of the molecule is CON1C(=O)/C(=C/[C@]2(COC(=O)C(C)(C)C)[C@@H]3C(=O)COC[C@@H]32)c2ccccc21. The van der Waals surface area contributed by atoms with Crippen LogP contribution in [0.4, 0.5) is 5.69 Å². The number of nitrogens with zero attached hydrogens (tertiary/aromatic N) is 1. The van der Waals surface area contributed by atoms with E-state index < -0.39 is 10.8 Å². The Hall–Kier alpha value is -2.51. The zero-order valence-electron chi connectivity index (χ0n) is 17.1. The number of ketones is 1. The third-order valence-electron chi connectivity index (χ3n) is 5.94. The summed E-state index contributed by atoms with van der Waals surface area (Å²) in [5.74, 6) is -1.09. The predicted octanol–water partition coefficient (Wildman–Crippen LogP) is 2.40. The van der Waals surface area contributed by atoms with Crippen molar-refractivity contribution in [2.45, 2.75) is 20.8 Å². The smallest absolute Gasteiger partial charge is 0.311 e. The van der Waals surface area contributed by atoms with Gasteiger partial charge in [0, 0.05) is 28.4 Å². The number of anilines is 1. The molecule has 0 unspecified atom stereocenters. The maximum atomic E-state index is 13.0. The van der Waals surface area contributed by atoms with E-state index in [4.69, 9.17) is 14.3 Å². The molecule has 2 fully saturated rings. The maximum Gasteiger partial charge on any atom is 0.311 e. The Labute approximate surface area is 169 Å². The fraction of sp³-hybridized carbons (Fsp3) is 0.500. The molecular formula is C22H25NO6. The second-order valence-electron chi connectivity index (χ2n) is 8.86. The van der Waals surface area contributed by atoms with Crippen molar-refractivity contribution in [2.75, 3.05) is 32.0 Å². The van der Waals surface area contributed by atoms with Crippen LogP contribution in [-0.4, -0.2) is 44.6 Å². The number of fused-ring (bicyclic) bond motifs is 2. The molecule has 7 heteroatoms. The molecule has 1 aromatic carbocycles.